The molecule has 1 fully saturated rings. The number of aliphatic imine (C=N–C) groups is 1. The van der Waals surface area contributed by atoms with Crippen LogP contribution in [0.4, 0.5) is 10.5 Å². The number of rotatable bonds is 43. The van der Waals surface area contributed by atoms with E-state index in [1.165, 1.54) is 11.3 Å². The van der Waals surface area contributed by atoms with Gasteiger partial charge in [0.2, 0.25) is 5.91 Å². The van der Waals surface area contributed by atoms with Gasteiger partial charge in [-0.05, 0) is 44.2 Å². The molecule has 0 radical (unpaired) electrons. The topological polar surface area (TPSA) is 301 Å². The summed E-state index contributed by atoms with van der Waals surface area (Å²) in [6.45, 7) is 14.4. The van der Waals surface area contributed by atoms with Gasteiger partial charge >= 0.3 is 6.03 Å². The maximum Gasteiger partial charge on any atom is 0.314 e. The molecule has 0 unspecified atom stereocenters. The number of fused-ring (bicyclic) bond motifs is 1. The van der Waals surface area contributed by atoms with E-state index in [9.17, 15) is 28.8 Å². The van der Waals surface area contributed by atoms with Crippen LogP contribution < -0.4 is 21.7 Å². The predicted molar refractivity (Wildman–Crippen MR) is 279 cm³/mol. The number of nitrogens with one attached hydrogen (secondary N) is 3. The molecule has 0 aromatic carbocycles. The Morgan fingerprint density at radius 3 is 1.68 bits per heavy atom. The highest BCUT2D eigenvalue weighted by atomic mass is 16.7. The molecule has 4 heterocycles. The monoisotopic (exact) mass is 1090 g/mol. The number of amides is 7. The molecule has 1 atom stereocenters. The first-order valence-corrected chi connectivity index (χ1v) is 26.5. The molecule has 26 nitrogen and oxygen atoms in total. The van der Waals surface area contributed by atoms with Crippen molar-refractivity contribution >= 4 is 53.2 Å². The summed E-state index contributed by atoms with van der Waals surface area (Å²) < 4.78 is 54.9. The van der Waals surface area contributed by atoms with Crippen molar-refractivity contribution in [1.29, 1.82) is 0 Å². The van der Waals surface area contributed by atoms with Gasteiger partial charge in [-0.2, -0.15) is 0 Å². The van der Waals surface area contributed by atoms with E-state index in [-0.39, 0.29) is 55.7 Å². The number of aromatic nitrogens is 1. The van der Waals surface area contributed by atoms with Crippen molar-refractivity contribution in [2.75, 3.05) is 185 Å². The van der Waals surface area contributed by atoms with Crippen molar-refractivity contribution in [2.24, 2.45) is 16.6 Å². The van der Waals surface area contributed by atoms with Crippen molar-refractivity contribution in [3.8, 4) is 0 Å². The minimum absolute atomic E-state index is 0.0787. The zero-order chi connectivity index (χ0) is 55.1. The molecule has 5 N–H and O–H groups in total. The molecule has 26 heteroatoms. The number of nitrogens with two attached hydrogens (primary N) is 1. The fourth-order valence-corrected chi connectivity index (χ4v) is 7.53. The van der Waals surface area contributed by atoms with Crippen molar-refractivity contribution in [2.45, 2.75) is 39.5 Å². The molecule has 1 aromatic heterocycles. The van der Waals surface area contributed by atoms with E-state index < -0.39 is 17.7 Å². The van der Waals surface area contributed by atoms with Gasteiger partial charge in [-0.1, -0.05) is 6.92 Å². The summed E-state index contributed by atoms with van der Waals surface area (Å²) in [6.07, 6.45) is 7.94. The standard InChI is InChI=1S/C51H81N9O17/c1-3-11-60(77-4-2)50(65)41-33-43-44(57-45(52)35-41)34-42(37-55-43)49(64)58-12-5-6-40(38-58)36-56-51(66)54-10-14-68-16-18-70-20-22-72-24-26-74-28-30-76-32-31-75-29-27-73-25-23-71-21-19-69-17-15-67-13-9-53-46(61)39-59-47(62)7-8-48(59)63/h7-8,33-34,37,40H,3-6,9-32,35-36,38-39H2,1-2H3,(H2,52,57)(H,53,61)(H2,54,56,66)/t40-/m1/s1. The summed E-state index contributed by atoms with van der Waals surface area (Å²) in [5, 5.41) is 9.62. The average Bonchev–Trinajstić information content (AvgIpc) is 3.63. The molecular weight excluding hydrogens is 1010 g/mol. The number of likely N-dealkylation sites (tertiary alicyclic amines) is 1. The van der Waals surface area contributed by atoms with Crippen LogP contribution >= 0.6 is 0 Å². The molecule has 77 heavy (non-hydrogen) atoms. The summed E-state index contributed by atoms with van der Waals surface area (Å²) in [4.78, 5) is 91.2. The van der Waals surface area contributed by atoms with Crippen molar-refractivity contribution in [3.63, 3.8) is 0 Å². The fourth-order valence-electron chi connectivity index (χ4n) is 7.53. The first-order valence-electron chi connectivity index (χ1n) is 26.5. The molecule has 3 aliphatic rings. The maximum absolute atomic E-state index is 13.6. The Bertz CT molecular complexity index is 2010. The number of hydrogen-bond donors (Lipinski definition) is 4. The Morgan fingerprint density at radius 1 is 0.688 bits per heavy atom. The highest BCUT2D eigenvalue weighted by Gasteiger charge is 2.28. The van der Waals surface area contributed by atoms with E-state index in [1.54, 1.807) is 17.0 Å². The number of nitrogens with zero attached hydrogens (tertiary/aromatic N) is 5. The Labute approximate surface area is 450 Å². The summed E-state index contributed by atoms with van der Waals surface area (Å²) in [5.41, 5.74) is 7.84. The van der Waals surface area contributed by atoms with E-state index in [2.05, 4.69) is 25.9 Å². The van der Waals surface area contributed by atoms with Gasteiger partial charge < -0.3 is 74.0 Å². The molecule has 432 valence electrons. The van der Waals surface area contributed by atoms with Gasteiger partial charge in [0.15, 0.2) is 0 Å². The first kappa shape index (κ1) is 64.0. The van der Waals surface area contributed by atoms with Crippen LogP contribution in [0.1, 0.15) is 55.6 Å². The molecule has 1 saturated heterocycles. The van der Waals surface area contributed by atoms with E-state index in [0.29, 0.717) is 187 Å². The SMILES string of the molecule is CCCN(OCC)C(=O)C1=Cc2ncc(C(=O)N3CCC[C@H](CNC(=O)NCCOCCOCCOCCOCCOCCOCCOCCOCCOCCOCCNC(=O)CN4C(=O)C=CC4=O)C3)cc2N=C(N)C1. The number of carbonyl (C=O) groups is 6. The third kappa shape index (κ3) is 27.1. The number of hydrogen-bond acceptors (Lipinski definition) is 20. The quantitative estimate of drug-likeness (QED) is 0.0391. The van der Waals surface area contributed by atoms with Gasteiger partial charge in [0.1, 0.15) is 12.4 Å². The second kappa shape index (κ2) is 39.8. The van der Waals surface area contributed by atoms with Crippen molar-refractivity contribution in [1.82, 2.24) is 35.8 Å². The molecule has 3 aliphatic heterocycles. The number of amidine groups is 1. The Morgan fingerprint density at radius 2 is 1.18 bits per heavy atom. The van der Waals surface area contributed by atoms with E-state index in [1.807, 2.05) is 13.8 Å². The van der Waals surface area contributed by atoms with E-state index in [0.717, 1.165) is 36.3 Å². The number of pyridine rings is 1. The van der Waals surface area contributed by atoms with Gasteiger partial charge in [0, 0.05) is 69.6 Å². The van der Waals surface area contributed by atoms with Gasteiger partial charge in [0.25, 0.3) is 23.6 Å². The lowest BCUT2D eigenvalue weighted by Crippen LogP contribution is -2.45. The number of ether oxygens (including phenoxy) is 10. The zero-order valence-electron chi connectivity index (χ0n) is 44.8. The van der Waals surface area contributed by atoms with Crippen LogP contribution in [0, 0.1) is 5.92 Å². The Hall–Kier alpha value is -5.52. The highest BCUT2D eigenvalue weighted by molar-refractivity contribution is 6.14. The molecule has 0 bridgehead atoms. The van der Waals surface area contributed by atoms with Crippen LogP contribution in [0.3, 0.4) is 0 Å². The van der Waals surface area contributed by atoms with Crippen LogP contribution in [-0.2, 0) is 71.4 Å². The first-order chi connectivity index (χ1) is 37.6. The minimum Gasteiger partial charge on any atom is -0.387 e. The van der Waals surface area contributed by atoms with Crippen LogP contribution in [-0.4, -0.2) is 246 Å². The van der Waals surface area contributed by atoms with Crippen LogP contribution in [0.15, 0.2) is 35.0 Å². The molecule has 7 amide bonds. The lowest BCUT2D eigenvalue weighted by molar-refractivity contribution is -0.180. The van der Waals surface area contributed by atoms with Crippen LogP contribution in [0.2, 0.25) is 0 Å². The Balaban J connectivity index is 0.848. The minimum atomic E-state index is -0.500. The normalized spacial score (nSPS) is 15.3. The summed E-state index contributed by atoms with van der Waals surface area (Å²) >= 11 is 0. The van der Waals surface area contributed by atoms with Gasteiger partial charge in [-0.15, -0.1) is 0 Å². The molecule has 0 spiro atoms. The number of urea groups is 1. The lowest BCUT2D eigenvalue weighted by atomic mass is 9.97. The molecule has 1 aromatic rings. The second-order valence-corrected chi connectivity index (χ2v) is 17.4. The second-order valence-electron chi connectivity index (χ2n) is 17.4. The average molecular weight is 1090 g/mol. The van der Waals surface area contributed by atoms with Crippen LogP contribution in [0.5, 0.6) is 0 Å². The largest absolute Gasteiger partial charge is 0.387 e. The number of carbonyl (C=O) groups excluding carboxylic acids is 6. The number of piperidine rings is 1. The third-order valence-electron chi connectivity index (χ3n) is 11.3. The molecular formula is C51H81N9O17. The highest BCUT2D eigenvalue weighted by Crippen LogP contribution is 2.28. The zero-order valence-corrected chi connectivity index (χ0v) is 44.8. The molecule has 0 saturated carbocycles. The van der Waals surface area contributed by atoms with Gasteiger partial charge in [-0.3, -0.25) is 38.7 Å². The summed E-state index contributed by atoms with van der Waals surface area (Å²) in [5.74, 6) is -1.60. The molecule has 0 aliphatic carbocycles. The predicted octanol–water partition coefficient (Wildman–Crippen LogP) is 0.406. The van der Waals surface area contributed by atoms with Crippen molar-refractivity contribution in [3.05, 3.63) is 41.2 Å². The van der Waals surface area contributed by atoms with Crippen LogP contribution in [0.25, 0.3) is 6.08 Å². The number of hydroxylamine groups is 2. The number of imide groups is 1. The lowest BCUT2D eigenvalue weighted by Gasteiger charge is -2.33. The van der Waals surface area contributed by atoms with E-state index in [4.69, 9.17) is 57.9 Å². The van der Waals surface area contributed by atoms with Crippen molar-refractivity contribution < 1.29 is 81.0 Å². The summed E-state index contributed by atoms with van der Waals surface area (Å²) in [7, 11) is 0. The summed E-state index contributed by atoms with van der Waals surface area (Å²) in [6, 6.07) is 1.35. The molecule has 4 rings (SSSR count). The Kier molecular flexibility index (Phi) is 33.1. The maximum atomic E-state index is 13.6. The van der Waals surface area contributed by atoms with E-state index >= 15 is 0 Å². The smallest absolute Gasteiger partial charge is 0.314 e. The fraction of sp³-hybridized carbons (Fsp3) is 0.686. The van der Waals surface area contributed by atoms with Gasteiger partial charge in [0.05, 0.1) is 156 Å². The van der Waals surface area contributed by atoms with Gasteiger partial charge in [-0.25, -0.2) is 14.9 Å². The third-order valence-corrected chi connectivity index (χ3v) is 11.3.